The van der Waals surface area contributed by atoms with Crippen LogP contribution in [0.25, 0.3) is 11.3 Å². The van der Waals surface area contributed by atoms with E-state index in [9.17, 15) is 4.79 Å². The van der Waals surface area contributed by atoms with E-state index in [1.807, 2.05) is 18.0 Å². The third-order valence-electron chi connectivity index (χ3n) is 6.09. The number of carbonyl (C=O) groups is 1. The molecular weight excluding hydrogens is 360 g/mol. The van der Waals surface area contributed by atoms with Gasteiger partial charge in [-0.3, -0.25) is 4.79 Å². The van der Waals surface area contributed by atoms with Gasteiger partial charge in [0.15, 0.2) is 5.69 Å². The van der Waals surface area contributed by atoms with Gasteiger partial charge in [0.2, 0.25) is 0 Å². The number of aromatic nitrogens is 3. The first-order valence-corrected chi connectivity index (χ1v) is 10.4. The molecule has 0 N–H and O–H groups in total. The van der Waals surface area contributed by atoms with Gasteiger partial charge in [-0.1, -0.05) is 5.16 Å². The second-order valence-corrected chi connectivity index (χ2v) is 8.55. The average molecular weight is 382 g/mol. The van der Waals surface area contributed by atoms with Crippen molar-refractivity contribution in [1.29, 1.82) is 0 Å². The molecule has 1 amide bonds. The molecule has 0 unspecified atom stereocenters. The van der Waals surface area contributed by atoms with Gasteiger partial charge in [0, 0.05) is 43.1 Å². The second kappa shape index (κ2) is 6.34. The number of imidazole rings is 1. The van der Waals surface area contributed by atoms with Crippen LogP contribution in [0.3, 0.4) is 0 Å². The lowest BCUT2D eigenvalue weighted by Gasteiger charge is -2.44. The minimum absolute atomic E-state index is 0.0141. The summed E-state index contributed by atoms with van der Waals surface area (Å²) in [5, 5.41) is 8.18. The van der Waals surface area contributed by atoms with Crippen LogP contribution in [-0.4, -0.2) is 38.6 Å². The lowest BCUT2D eigenvalue weighted by atomic mass is 9.73. The van der Waals surface area contributed by atoms with Crippen molar-refractivity contribution in [3.05, 3.63) is 46.4 Å². The van der Waals surface area contributed by atoms with Gasteiger partial charge in [-0.2, -0.15) is 11.3 Å². The summed E-state index contributed by atoms with van der Waals surface area (Å²) in [7, 11) is 0. The highest BCUT2D eigenvalue weighted by Crippen LogP contribution is 2.42. The number of aryl methyl sites for hydroxylation is 2. The summed E-state index contributed by atoms with van der Waals surface area (Å²) in [4.78, 5) is 19.2. The zero-order chi connectivity index (χ0) is 18.4. The lowest BCUT2D eigenvalue weighted by Crippen LogP contribution is -2.46. The predicted molar refractivity (Wildman–Crippen MR) is 103 cm³/mol. The molecule has 27 heavy (non-hydrogen) atoms. The van der Waals surface area contributed by atoms with Gasteiger partial charge in [-0.15, -0.1) is 0 Å². The number of nitrogens with zero attached hydrogens (tertiary/aromatic N) is 4. The minimum atomic E-state index is -0.0141. The first-order chi connectivity index (χ1) is 13.1. The fourth-order valence-electron chi connectivity index (χ4n) is 4.44. The van der Waals surface area contributed by atoms with Gasteiger partial charge in [-0.05, 0) is 43.0 Å². The van der Waals surface area contributed by atoms with E-state index >= 15 is 0 Å². The van der Waals surface area contributed by atoms with Gasteiger partial charge < -0.3 is 14.0 Å². The standard InChI is InChI=1S/C20H22N4O2S/c1-14-10-16(22-26-14)19(25)23-7-5-20(6-8-23)4-2-18-21-11-17(24(18)13-20)15-3-9-27-12-15/h3,9-12H,2,4-8,13H2,1H3. The molecule has 6 nitrogen and oxygen atoms in total. The number of thiophene rings is 1. The number of rotatable bonds is 2. The number of carbonyl (C=O) groups excluding carboxylic acids is 1. The fraction of sp³-hybridized carbons (Fsp3) is 0.450. The van der Waals surface area contributed by atoms with Crippen LogP contribution in [0.5, 0.6) is 0 Å². The van der Waals surface area contributed by atoms with Crippen molar-refractivity contribution >= 4 is 17.2 Å². The monoisotopic (exact) mass is 382 g/mol. The Morgan fingerprint density at radius 2 is 2.15 bits per heavy atom. The highest BCUT2D eigenvalue weighted by molar-refractivity contribution is 7.08. The van der Waals surface area contributed by atoms with E-state index in [-0.39, 0.29) is 11.3 Å². The van der Waals surface area contributed by atoms with Crippen LogP contribution in [0.1, 0.15) is 41.3 Å². The zero-order valence-corrected chi connectivity index (χ0v) is 16.2. The lowest BCUT2D eigenvalue weighted by molar-refractivity contribution is 0.0463. The van der Waals surface area contributed by atoms with E-state index in [2.05, 4.69) is 31.5 Å². The maximum absolute atomic E-state index is 12.6. The number of fused-ring (bicyclic) bond motifs is 1. The summed E-state index contributed by atoms with van der Waals surface area (Å²) in [6, 6.07) is 3.88. The quantitative estimate of drug-likeness (QED) is 0.677. The molecule has 0 aliphatic carbocycles. The van der Waals surface area contributed by atoms with Gasteiger partial charge in [0.05, 0.1) is 11.9 Å². The van der Waals surface area contributed by atoms with Crippen molar-refractivity contribution in [2.24, 2.45) is 5.41 Å². The Labute approximate surface area is 161 Å². The highest BCUT2D eigenvalue weighted by atomic mass is 32.1. The first-order valence-electron chi connectivity index (χ1n) is 9.43. The van der Waals surface area contributed by atoms with Gasteiger partial charge in [0.25, 0.3) is 5.91 Å². The number of hydrogen-bond donors (Lipinski definition) is 0. The van der Waals surface area contributed by atoms with Crippen LogP contribution in [0.15, 0.2) is 33.6 Å². The summed E-state index contributed by atoms with van der Waals surface area (Å²) in [5.41, 5.74) is 3.16. The molecule has 3 aromatic heterocycles. The van der Waals surface area contributed by atoms with Crippen molar-refractivity contribution in [1.82, 2.24) is 19.6 Å². The first kappa shape index (κ1) is 16.7. The molecule has 1 saturated heterocycles. The van der Waals surface area contributed by atoms with Gasteiger partial charge >= 0.3 is 0 Å². The number of piperidine rings is 1. The molecule has 5 rings (SSSR count). The molecule has 3 aromatic rings. The summed E-state index contributed by atoms with van der Waals surface area (Å²) in [6.07, 6.45) is 6.23. The molecule has 7 heteroatoms. The van der Waals surface area contributed by atoms with Gasteiger partial charge in [-0.25, -0.2) is 4.98 Å². The molecule has 1 fully saturated rings. The molecule has 5 heterocycles. The smallest absolute Gasteiger partial charge is 0.276 e. The van der Waals surface area contributed by atoms with Crippen LogP contribution in [0, 0.1) is 12.3 Å². The Kier molecular flexibility index (Phi) is 3.93. The zero-order valence-electron chi connectivity index (χ0n) is 15.4. The average Bonchev–Trinajstić information content (AvgIpc) is 3.42. The second-order valence-electron chi connectivity index (χ2n) is 7.77. The van der Waals surface area contributed by atoms with Gasteiger partial charge in [0.1, 0.15) is 11.6 Å². The number of hydrogen-bond acceptors (Lipinski definition) is 5. The molecule has 2 aliphatic rings. The van der Waals surface area contributed by atoms with E-state index in [1.54, 1.807) is 17.4 Å². The van der Waals surface area contributed by atoms with Crippen molar-refractivity contribution in [3.8, 4) is 11.3 Å². The largest absolute Gasteiger partial charge is 0.361 e. The third kappa shape index (κ3) is 2.90. The predicted octanol–water partition coefficient (Wildman–Crippen LogP) is 3.78. The van der Waals surface area contributed by atoms with E-state index in [0.29, 0.717) is 11.5 Å². The Bertz CT molecular complexity index is 964. The molecule has 2 aliphatic heterocycles. The van der Waals surface area contributed by atoms with E-state index in [4.69, 9.17) is 4.52 Å². The molecule has 0 radical (unpaired) electrons. The maximum Gasteiger partial charge on any atom is 0.276 e. The van der Waals surface area contributed by atoms with Crippen LogP contribution in [0.4, 0.5) is 0 Å². The van der Waals surface area contributed by atoms with E-state index < -0.39 is 0 Å². The molecule has 0 saturated carbocycles. The van der Waals surface area contributed by atoms with Crippen molar-refractivity contribution < 1.29 is 9.32 Å². The van der Waals surface area contributed by atoms with Crippen molar-refractivity contribution in [2.45, 2.75) is 39.2 Å². The maximum atomic E-state index is 12.6. The summed E-state index contributed by atoms with van der Waals surface area (Å²) < 4.78 is 7.46. The van der Waals surface area contributed by atoms with E-state index in [1.165, 1.54) is 17.1 Å². The molecular formula is C20H22N4O2S. The molecule has 0 bridgehead atoms. The molecule has 0 atom stereocenters. The fourth-order valence-corrected chi connectivity index (χ4v) is 5.09. The van der Waals surface area contributed by atoms with Crippen molar-refractivity contribution in [3.63, 3.8) is 0 Å². The van der Waals surface area contributed by atoms with Crippen molar-refractivity contribution in [2.75, 3.05) is 13.1 Å². The Balaban J connectivity index is 1.32. The van der Waals surface area contributed by atoms with Crippen LogP contribution in [-0.2, 0) is 13.0 Å². The van der Waals surface area contributed by atoms with Crippen LogP contribution >= 0.6 is 11.3 Å². The molecule has 1 spiro atoms. The minimum Gasteiger partial charge on any atom is -0.361 e. The SMILES string of the molecule is Cc1cc(C(=O)N2CCC3(CCc4ncc(-c5ccsc5)n4C3)CC2)no1. The molecule has 140 valence electrons. The van der Waals surface area contributed by atoms with Crippen LogP contribution in [0.2, 0.25) is 0 Å². The Hall–Kier alpha value is -2.41. The number of likely N-dealkylation sites (tertiary alicyclic amines) is 1. The van der Waals surface area contributed by atoms with Crippen LogP contribution < -0.4 is 0 Å². The number of amides is 1. The summed E-state index contributed by atoms with van der Waals surface area (Å²) in [5.74, 6) is 1.85. The normalized spacial score (nSPS) is 18.6. The highest BCUT2D eigenvalue weighted by Gasteiger charge is 2.40. The van der Waals surface area contributed by atoms with E-state index in [0.717, 1.165) is 45.3 Å². The molecule has 0 aromatic carbocycles. The summed E-state index contributed by atoms with van der Waals surface area (Å²) >= 11 is 1.72. The third-order valence-corrected chi connectivity index (χ3v) is 6.77. The Morgan fingerprint density at radius 3 is 2.85 bits per heavy atom. The summed E-state index contributed by atoms with van der Waals surface area (Å²) in [6.45, 7) is 4.37. The topological polar surface area (TPSA) is 64.2 Å². The Morgan fingerprint density at radius 1 is 1.30 bits per heavy atom.